The highest BCUT2D eigenvalue weighted by molar-refractivity contribution is 5.78. The van der Waals surface area contributed by atoms with Crippen molar-refractivity contribution in [1.29, 1.82) is 0 Å². The zero-order valence-corrected chi connectivity index (χ0v) is 15.5. The second-order valence-electron chi connectivity index (χ2n) is 6.97. The van der Waals surface area contributed by atoms with Gasteiger partial charge in [-0.3, -0.25) is 15.1 Å². The summed E-state index contributed by atoms with van der Waals surface area (Å²) in [6.45, 7) is 5.80. The number of ether oxygens (including phenoxy) is 1. The average molecular weight is 348 g/mol. The number of nitrogens with zero attached hydrogens (tertiary/aromatic N) is 1. The number of nitrogens with two attached hydrogens (primary N) is 1. The van der Waals surface area contributed by atoms with Crippen LogP contribution in [0.3, 0.4) is 0 Å². The van der Waals surface area contributed by atoms with Crippen LogP contribution in [0.15, 0.2) is 24.3 Å². The van der Waals surface area contributed by atoms with Crippen molar-refractivity contribution >= 4 is 5.91 Å². The molecular weight excluding hydrogens is 314 g/mol. The number of amides is 1. The van der Waals surface area contributed by atoms with E-state index in [1.807, 2.05) is 6.07 Å². The van der Waals surface area contributed by atoms with E-state index in [-0.39, 0.29) is 11.8 Å². The first-order valence-electron chi connectivity index (χ1n) is 9.67. The molecule has 0 bridgehead atoms. The molecule has 0 saturated carbocycles. The Morgan fingerprint density at radius 2 is 2.00 bits per heavy atom. The average Bonchev–Trinajstić information content (AvgIpc) is 2.65. The van der Waals surface area contributed by atoms with Crippen molar-refractivity contribution in [2.45, 2.75) is 58.4 Å². The molecule has 1 aliphatic rings. The molecule has 5 heteroatoms. The highest BCUT2D eigenvalue weighted by Gasteiger charge is 2.24. The van der Waals surface area contributed by atoms with Crippen LogP contribution in [-0.2, 0) is 11.3 Å². The largest absolute Gasteiger partial charge is 0.494 e. The monoisotopic (exact) mass is 347 g/mol. The maximum Gasteiger partial charge on any atom is 0.237 e. The van der Waals surface area contributed by atoms with Crippen LogP contribution in [0.2, 0.25) is 0 Å². The maximum absolute atomic E-state index is 11.6. The number of rotatable bonds is 10. The van der Waals surface area contributed by atoms with Crippen molar-refractivity contribution in [2.75, 3.05) is 19.7 Å². The molecule has 0 spiro atoms. The van der Waals surface area contributed by atoms with E-state index in [1.54, 1.807) is 0 Å². The SMILES string of the molecule is CCCCCCCOc1cccc(CN2CCC(C(=O)NN)CC2)c1. The molecule has 0 unspecified atom stereocenters. The van der Waals surface area contributed by atoms with Gasteiger partial charge >= 0.3 is 0 Å². The fourth-order valence-electron chi connectivity index (χ4n) is 3.36. The fourth-order valence-corrected chi connectivity index (χ4v) is 3.36. The minimum atomic E-state index is -0.0333. The first kappa shape index (κ1) is 19.7. The van der Waals surface area contributed by atoms with Crippen molar-refractivity contribution in [3.05, 3.63) is 29.8 Å². The quantitative estimate of drug-likeness (QED) is 0.295. The molecule has 1 aliphatic heterocycles. The number of unbranched alkanes of at least 4 members (excludes halogenated alkanes) is 4. The summed E-state index contributed by atoms with van der Waals surface area (Å²) in [5, 5.41) is 0. The van der Waals surface area contributed by atoms with Crippen LogP contribution in [0.25, 0.3) is 0 Å². The van der Waals surface area contributed by atoms with E-state index in [1.165, 1.54) is 31.2 Å². The third kappa shape index (κ3) is 7.04. The number of hydrazine groups is 1. The summed E-state index contributed by atoms with van der Waals surface area (Å²) < 4.78 is 5.89. The van der Waals surface area contributed by atoms with Gasteiger partial charge in [-0.15, -0.1) is 0 Å². The summed E-state index contributed by atoms with van der Waals surface area (Å²) >= 11 is 0. The molecule has 1 amide bonds. The van der Waals surface area contributed by atoms with E-state index in [4.69, 9.17) is 10.6 Å². The number of benzene rings is 1. The number of carbonyl (C=O) groups excluding carboxylic acids is 1. The fraction of sp³-hybridized carbons (Fsp3) is 0.650. The Morgan fingerprint density at radius 1 is 1.24 bits per heavy atom. The molecule has 1 saturated heterocycles. The van der Waals surface area contributed by atoms with Gasteiger partial charge in [-0.2, -0.15) is 0 Å². The lowest BCUT2D eigenvalue weighted by atomic mass is 9.96. The summed E-state index contributed by atoms with van der Waals surface area (Å²) in [6, 6.07) is 8.39. The number of piperidine rings is 1. The zero-order valence-electron chi connectivity index (χ0n) is 15.5. The Morgan fingerprint density at radius 3 is 2.72 bits per heavy atom. The van der Waals surface area contributed by atoms with E-state index in [0.29, 0.717) is 0 Å². The smallest absolute Gasteiger partial charge is 0.237 e. The Hall–Kier alpha value is -1.59. The van der Waals surface area contributed by atoms with Crippen LogP contribution < -0.4 is 16.0 Å². The predicted octanol–water partition coefficient (Wildman–Crippen LogP) is 3.24. The summed E-state index contributed by atoms with van der Waals surface area (Å²) in [6.07, 6.45) is 8.02. The lowest BCUT2D eigenvalue weighted by Gasteiger charge is -2.31. The first-order chi connectivity index (χ1) is 12.2. The standard InChI is InChI=1S/C20H33N3O2/c1-2-3-4-5-6-14-25-19-9-7-8-17(15-19)16-23-12-10-18(11-13-23)20(24)22-21/h7-9,15,18H,2-6,10-14,16,21H2,1H3,(H,22,24). The van der Waals surface area contributed by atoms with Crippen molar-refractivity contribution in [2.24, 2.45) is 11.8 Å². The third-order valence-electron chi connectivity index (χ3n) is 4.92. The Labute approximate surface area is 151 Å². The molecule has 0 radical (unpaired) electrons. The van der Waals surface area contributed by atoms with Gasteiger partial charge in [0.2, 0.25) is 5.91 Å². The van der Waals surface area contributed by atoms with Crippen molar-refractivity contribution in [3.63, 3.8) is 0 Å². The van der Waals surface area contributed by atoms with Gasteiger partial charge in [0.25, 0.3) is 0 Å². The van der Waals surface area contributed by atoms with E-state index in [0.717, 1.165) is 51.3 Å². The molecule has 0 aliphatic carbocycles. The molecular formula is C20H33N3O2. The van der Waals surface area contributed by atoms with Crippen LogP contribution >= 0.6 is 0 Å². The van der Waals surface area contributed by atoms with E-state index in [9.17, 15) is 4.79 Å². The molecule has 1 aromatic carbocycles. The molecule has 25 heavy (non-hydrogen) atoms. The lowest BCUT2D eigenvalue weighted by Crippen LogP contribution is -2.42. The van der Waals surface area contributed by atoms with Gasteiger partial charge in [-0.25, -0.2) is 5.84 Å². The molecule has 3 N–H and O–H groups in total. The summed E-state index contributed by atoms with van der Waals surface area (Å²) in [4.78, 5) is 14.0. The van der Waals surface area contributed by atoms with Gasteiger partial charge in [0.15, 0.2) is 0 Å². The predicted molar refractivity (Wildman–Crippen MR) is 101 cm³/mol. The van der Waals surface area contributed by atoms with Crippen LogP contribution in [-0.4, -0.2) is 30.5 Å². The highest BCUT2D eigenvalue weighted by Crippen LogP contribution is 2.21. The summed E-state index contributed by atoms with van der Waals surface area (Å²) in [5.74, 6) is 6.21. The molecule has 2 rings (SSSR count). The number of carbonyl (C=O) groups is 1. The second kappa shape index (κ2) is 11.1. The molecule has 0 aromatic heterocycles. The zero-order chi connectivity index (χ0) is 17.9. The maximum atomic E-state index is 11.6. The molecule has 0 atom stereocenters. The molecule has 5 nitrogen and oxygen atoms in total. The third-order valence-corrected chi connectivity index (χ3v) is 4.92. The number of nitrogens with one attached hydrogen (secondary N) is 1. The van der Waals surface area contributed by atoms with Gasteiger partial charge < -0.3 is 4.74 Å². The minimum Gasteiger partial charge on any atom is -0.494 e. The van der Waals surface area contributed by atoms with E-state index in [2.05, 4.69) is 35.4 Å². The molecule has 140 valence electrons. The van der Waals surface area contributed by atoms with Gasteiger partial charge in [0, 0.05) is 12.5 Å². The van der Waals surface area contributed by atoms with Gasteiger partial charge in [-0.1, -0.05) is 44.7 Å². The van der Waals surface area contributed by atoms with Crippen molar-refractivity contribution in [3.8, 4) is 5.75 Å². The van der Waals surface area contributed by atoms with Crippen molar-refractivity contribution in [1.82, 2.24) is 10.3 Å². The van der Waals surface area contributed by atoms with Crippen LogP contribution in [0.4, 0.5) is 0 Å². The highest BCUT2D eigenvalue weighted by atomic mass is 16.5. The Balaban J connectivity index is 1.71. The molecule has 1 heterocycles. The van der Waals surface area contributed by atoms with Crippen molar-refractivity contribution < 1.29 is 9.53 Å². The summed E-state index contributed by atoms with van der Waals surface area (Å²) in [7, 11) is 0. The lowest BCUT2D eigenvalue weighted by molar-refractivity contribution is -0.126. The van der Waals surface area contributed by atoms with Gasteiger partial charge in [-0.05, 0) is 50.0 Å². The summed E-state index contributed by atoms with van der Waals surface area (Å²) in [5.41, 5.74) is 3.54. The van der Waals surface area contributed by atoms with Gasteiger partial charge in [0.05, 0.1) is 6.61 Å². The second-order valence-corrected chi connectivity index (χ2v) is 6.97. The Kier molecular flexibility index (Phi) is 8.77. The minimum absolute atomic E-state index is 0.0333. The number of likely N-dealkylation sites (tertiary alicyclic amines) is 1. The molecule has 1 aromatic rings. The molecule has 1 fully saturated rings. The Bertz CT molecular complexity index is 513. The van der Waals surface area contributed by atoms with Crippen LogP contribution in [0, 0.1) is 5.92 Å². The number of hydrogen-bond donors (Lipinski definition) is 2. The first-order valence-corrected chi connectivity index (χ1v) is 9.67. The topological polar surface area (TPSA) is 67.6 Å². The van der Waals surface area contributed by atoms with E-state index >= 15 is 0 Å². The van der Waals surface area contributed by atoms with Crippen LogP contribution in [0.1, 0.15) is 57.4 Å². The number of hydrogen-bond acceptors (Lipinski definition) is 4. The van der Waals surface area contributed by atoms with Gasteiger partial charge in [0.1, 0.15) is 5.75 Å². The van der Waals surface area contributed by atoms with E-state index < -0.39 is 0 Å². The normalized spacial score (nSPS) is 15.9. The van der Waals surface area contributed by atoms with Crippen LogP contribution in [0.5, 0.6) is 5.75 Å².